The molecular weight excluding hydrogens is 389 g/mol. The number of aryl methyl sites for hydroxylation is 2. The van der Waals surface area contributed by atoms with E-state index in [0.29, 0.717) is 27.4 Å². The van der Waals surface area contributed by atoms with Gasteiger partial charge in [0.2, 0.25) is 0 Å². The van der Waals surface area contributed by atoms with E-state index in [0.717, 1.165) is 22.5 Å². The van der Waals surface area contributed by atoms with Gasteiger partial charge in [0.15, 0.2) is 0 Å². The monoisotopic (exact) mass is 411 g/mol. The summed E-state index contributed by atoms with van der Waals surface area (Å²) in [6.45, 7) is 11.8. The molecule has 4 nitrogen and oxygen atoms in total. The molecule has 0 aliphatic rings. The van der Waals surface area contributed by atoms with Gasteiger partial charge in [-0.05, 0) is 51.5 Å². The van der Waals surface area contributed by atoms with E-state index in [2.05, 4.69) is 16.5 Å². The Hall–Kier alpha value is -2.92. The Kier molecular flexibility index (Phi) is 6.18. The summed E-state index contributed by atoms with van der Waals surface area (Å²) in [4.78, 5) is 10.5. The molecule has 0 spiro atoms. The maximum Gasteiger partial charge on any atom is 0.146 e. The zero-order valence-electron chi connectivity index (χ0n) is 17.0. The highest BCUT2D eigenvalue weighted by molar-refractivity contribution is 6.31. The molecule has 0 saturated heterocycles. The maximum absolute atomic E-state index is 14.9. The number of ether oxygens (including phenoxy) is 1. The Morgan fingerprint density at radius 1 is 1.31 bits per heavy atom. The Labute approximate surface area is 175 Å². The molecule has 3 rings (SSSR count). The van der Waals surface area contributed by atoms with Gasteiger partial charge in [0.25, 0.3) is 0 Å². The first-order valence-electron chi connectivity index (χ1n) is 9.22. The lowest BCUT2D eigenvalue weighted by atomic mass is 10.1. The number of anilines is 1. The molecule has 0 saturated carbocycles. The highest BCUT2D eigenvalue weighted by Gasteiger charge is 2.18. The molecule has 6 heteroatoms. The molecule has 150 valence electrons. The van der Waals surface area contributed by atoms with E-state index in [1.807, 2.05) is 50.9 Å². The van der Waals surface area contributed by atoms with Crippen LogP contribution in [0, 0.1) is 19.7 Å². The SMILES string of the molecule is C=C(C)N(/C=C\C)c1cc(C)nc2c(OCc3c(C)cncc3Cl)ccc(F)c12. The van der Waals surface area contributed by atoms with Crippen LogP contribution in [0.3, 0.4) is 0 Å². The first-order valence-corrected chi connectivity index (χ1v) is 9.60. The van der Waals surface area contributed by atoms with Crippen molar-refractivity contribution in [1.29, 1.82) is 0 Å². The zero-order valence-corrected chi connectivity index (χ0v) is 17.7. The van der Waals surface area contributed by atoms with Crippen LogP contribution in [-0.4, -0.2) is 9.97 Å². The van der Waals surface area contributed by atoms with E-state index in [4.69, 9.17) is 16.3 Å². The Balaban J connectivity index is 2.13. The van der Waals surface area contributed by atoms with Gasteiger partial charge in [0.05, 0.1) is 16.1 Å². The van der Waals surface area contributed by atoms with Crippen LogP contribution in [0.25, 0.3) is 10.9 Å². The summed E-state index contributed by atoms with van der Waals surface area (Å²) in [6, 6.07) is 4.83. The predicted octanol–water partition coefficient (Wildman–Crippen LogP) is 6.49. The molecule has 0 amide bonds. The van der Waals surface area contributed by atoms with Crippen molar-refractivity contribution in [2.75, 3.05) is 4.90 Å². The third-order valence-corrected chi connectivity index (χ3v) is 4.87. The Bertz CT molecular complexity index is 1090. The van der Waals surface area contributed by atoms with Gasteiger partial charge >= 0.3 is 0 Å². The number of aromatic nitrogens is 2. The van der Waals surface area contributed by atoms with Gasteiger partial charge in [-0.15, -0.1) is 0 Å². The van der Waals surface area contributed by atoms with Gasteiger partial charge in [-0.2, -0.15) is 0 Å². The highest BCUT2D eigenvalue weighted by Crippen LogP contribution is 2.36. The van der Waals surface area contributed by atoms with E-state index < -0.39 is 0 Å². The van der Waals surface area contributed by atoms with Crippen molar-refractivity contribution in [2.45, 2.75) is 34.3 Å². The van der Waals surface area contributed by atoms with Crippen molar-refractivity contribution >= 4 is 28.2 Å². The minimum Gasteiger partial charge on any atom is -0.487 e. The van der Waals surface area contributed by atoms with E-state index in [-0.39, 0.29) is 12.4 Å². The predicted molar refractivity (Wildman–Crippen MR) is 117 cm³/mol. The first kappa shape index (κ1) is 20.8. The van der Waals surface area contributed by atoms with Gasteiger partial charge in [-0.3, -0.25) is 4.98 Å². The average Bonchev–Trinajstić information content (AvgIpc) is 2.66. The van der Waals surface area contributed by atoms with Crippen molar-refractivity contribution in [1.82, 2.24) is 9.97 Å². The van der Waals surface area contributed by atoms with Crippen molar-refractivity contribution in [3.8, 4) is 5.75 Å². The third kappa shape index (κ3) is 4.25. The Morgan fingerprint density at radius 2 is 2.07 bits per heavy atom. The molecule has 0 fully saturated rings. The number of hydrogen-bond acceptors (Lipinski definition) is 4. The van der Waals surface area contributed by atoms with Gasteiger partial charge in [-0.25, -0.2) is 9.37 Å². The van der Waals surface area contributed by atoms with Gasteiger partial charge in [0, 0.05) is 35.5 Å². The summed E-state index contributed by atoms with van der Waals surface area (Å²) in [5, 5.41) is 0.912. The summed E-state index contributed by atoms with van der Waals surface area (Å²) in [5.41, 5.74) is 4.40. The molecule has 29 heavy (non-hydrogen) atoms. The molecule has 2 heterocycles. The molecule has 0 N–H and O–H groups in total. The number of fused-ring (bicyclic) bond motifs is 1. The quantitative estimate of drug-likeness (QED) is 0.464. The zero-order chi connectivity index (χ0) is 21.1. The molecule has 0 aliphatic heterocycles. The number of hydrogen-bond donors (Lipinski definition) is 0. The lowest BCUT2D eigenvalue weighted by Gasteiger charge is -2.23. The average molecular weight is 412 g/mol. The van der Waals surface area contributed by atoms with Crippen LogP contribution < -0.4 is 9.64 Å². The van der Waals surface area contributed by atoms with Crippen LogP contribution in [0.1, 0.15) is 30.7 Å². The topological polar surface area (TPSA) is 38.2 Å². The molecule has 1 aromatic carbocycles. The summed E-state index contributed by atoms with van der Waals surface area (Å²) in [5.74, 6) is 0.115. The van der Waals surface area contributed by atoms with Gasteiger partial charge in [-0.1, -0.05) is 24.3 Å². The second kappa shape index (κ2) is 8.62. The Morgan fingerprint density at radius 3 is 2.72 bits per heavy atom. The van der Waals surface area contributed by atoms with E-state index in [9.17, 15) is 4.39 Å². The number of allylic oxidation sites excluding steroid dienone is 2. The fraction of sp³-hybridized carbons (Fsp3) is 0.217. The molecule has 0 radical (unpaired) electrons. The van der Waals surface area contributed by atoms with E-state index >= 15 is 0 Å². The minimum atomic E-state index is -0.372. The molecule has 0 aliphatic carbocycles. The number of halogens is 2. The molecule has 3 aromatic rings. The van der Waals surface area contributed by atoms with E-state index in [1.165, 1.54) is 6.07 Å². The van der Waals surface area contributed by atoms with Crippen molar-refractivity contribution in [2.24, 2.45) is 0 Å². The number of benzene rings is 1. The smallest absolute Gasteiger partial charge is 0.146 e. The van der Waals surface area contributed by atoms with Crippen molar-refractivity contribution in [3.05, 3.63) is 82.8 Å². The lowest BCUT2D eigenvalue weighted by molar-refractivity contribution is 0.308. The molecular formula is C23H23ClFN3O. The number of pyridine rings is 2. The minimum absolute atomic E-state index is 0.234. The van der Waals surface area contributed by atoms with Crippen LogP contribution in [0.15, 0.2) is 55.1 Å². The van der Waals surface area contributed by atoms with Crippen molar-refractivity contribution in [3.63, 3.8) is 0 Å². The van der Waals surface area contributed by atoms with Crippen LogP contribution in [0.4, 0.5) is 10.1 Å². The highest BCUT2D eigenvalue weighted by atomic mass is 35.5. The van der Waals surface area contributed by atoms with Crippen LogP contribution >= 0.6 is 11.6 Å². The number of rotatable bonds is 6. The van der Waals surface area contributed by atoms with Gasteiger partial charge in [0.1, 0.15) is 23.7 Å². The number of nitrogens with zero attached hydrogens (tertiary/aromatic N) is 3. The summed E-state index contributed by atoms with van der Waals surface area (Å²) >= 11 is 6.26. The summed E-state index contributed by atoms with van der Waals surface area (Å²) in [6.07, 6.45) is 7.04. The van der Waals surface area contributed by atoms with Crippen LogP contribution in [-0.2, 0) is 6.61 Å². The molecule has 0 unspecified atom stereocenters. The van der Waals surface area contributed by atoms with Crippen LogP contribution in [0.5, 0.6) is 5.75 Å². The standard InChI is InChI=1S/C23H23ClFN3O/c1-6-9-28(14(2)3)20-10-16(5)27-23-21(8-7-19(25)22(20)23)29-13-17-15(4)11-26-12-18(17)24/h6-12H,2,13H2,1,3-5H3/b9-6-. The molecule has 2 aromatic heterocycles. The second-order valence-electron chi connectivity index (χ2n) is 6.85. The molecule has 0 atom stereocenters. The fourth-order valence-corrected chi connectivity index (χ4v) is 3.40. The lowest BCUT2D eigenvalue weighted by Crippen LogP contribution is -2.14. The summed E-state index contributed by atoms with van der Waals surface area (Å²) < 4.78 is 20.9. The third-order valence-electron chi connectivity index (χ3n) is 4.54. The fourth-order valence-electron chi connectivity index (χ4n) is 3.14. The normalized spacial score (nSPS) is 11.2. The largest absolute Gasteiger partial charge is 0.487 e. The van der Waals surface area contributed by atoms with Crippen molar-refractivity contribution < 1.29 is 9.13 Å². The summed E-state index contributed by atoms with van der Waals surface area (Å²) in [7, 11) is 0. The maximum atomic E-state index is 14.9. The first-order chi connectivity index (χ1) is 13.8. The van der Waals surface area contributed by atoms with Gasteiger partial charge < -0.3 is 9.64 Å². The van der Waals surface area contributed by atoms with E-state index in [1.54, 1.807) is 18.5 Å². The molecule has 0 bridgehead atoms. The van der Waals surface area contributed by atoms with Crippen LogP contribution in [0.2, 0.25) is 5.02 Å². The second-order valence-corrected chi connectivity index (χ2v) is 7.25.